The maximum atomic E-state index is 14.7. The fourth-order valence-corrected chi connectivity index (χ4v) is 98.0. The summed E-state index contributed by atoms with van der Waals surface area (Å²) in [5.74, 6) is 0. The van der Waals surface area contributed by atoms with E-state index in [1.54, 1.807) is 0 Å². The second kappa shape index (κ2) is 42.6. The monoisotopic (exact) mass is 1750 g/mol. The summed E-state index contributed by atoms with van der Waals surface area (Å²) in [5.41, 5.74) is 11.5. The molecule has 0 radical (unpaired) electrons. The van der Waals surface area contributed by atoms with E-state index in [0.717, 1.165) is 44.9 Å². The van der Waals surface area contributed by atoms with Crippen LogP contribution in [-0.2, 0) is 87.7 Å². The normalized spacial score (nSPS) is 40.6. The summed E-state index contributed by atoms with van der Waals surface area (Å²) < 4.78 is 150. The second-order valence-electron chi connectivity index (χ2n) is 26.2. The minimum atomic E-state index is -4.25. The van der Waals surface area contributed by atoms with Gasteiger partial charge in [-0.3, -0.25) is 0 Å². The molecule has 26 nitrogen and oxygen atoms in total. The van der Waals surface area contributed by atoms with Crippen molar-refractivity contribution in [2.75, 3.05) is 38.0 Å². The topological polar surface area (TPSA) is 315 Å². The Morgan fingerprint density at radius 2 is 0.520 bits per heavy atom. The van der Waals surface area contributed by atoms with Crippen molar-refractivity contribution < 1.29 is 191 Å². The Morgan fingerprint density at radius 1 is 0.265 bits per heavy atom. The molecule has 9 aliphatic rings. The van der Waals surface area contributed by atoms with Crippen molar-refractivity contribution in [2.45, 2.75) is 284 Å². The first-order valence-corrected chi connectivity index (χ1v) is 71.3. The molecule has 9 saturated heterocycles. The fraction of sp³-hybridized carbons (Fsp3) is 1.00. The molecule has 12 bridgehead atoms. The van der Waals surface area contributed by atoms with Gasteiger partial charge in [0, 0.05) is 60.6 Å². The minimum absolute atomic E-state index is 0. The standard InChI is InChI=1S/C25H59NO12Si8.C23H53O12Si7.C2H6Cl3NSi.3Na/c1-8-16-39-24-28-42(19-11-4)35-44(21-13-6)31-40(17-9-2)25-27-41(18-10-3,33-43(29-39,37-44)20-12-5)34-45(30-39,22-14-7)38-46(32-40,36-42)23-15-26;1-8-15-36(24)22-28-40(19-12-5)33-39(26,18-11-4)30-37(16-9-2)23-27-38(25,17-10-3)32-41(29-36,20-13-6)35-42(31-37,34-40)21-14-7;3-7(4,5)2-1-6;;;/h8-26H2,1-7H3;8-23H2,1-7H3;1-2,6H2;;;/q;-3;;3*+1. The molecule has 0 aliphatic carbocycles. The maximum Gasteiger partial charge on any atom is 1.00 e. The molecule has 9 fully saturated rings. The number of hydrogen-bond donors (Lipinski definition) is 2. The number of fused-ring (bicyclic) bond motifs is 5. The molecule has 15 unspecified atom stereocenters. The molecule has 15 atom stereocenters. The smallest absolute Gasteiger partial charge is 0.837 e. The fourth-order valence-electron chi connectivity index (χ4n) is 13.4. The number of nitrogens with two attached hydrogens (primary N) is 2. The van der Waals surface area contributed by atoms with Crippen LogP contribution in [0.5, 0.6) is 0 Å². The van der Waals surface area contributed by atoms with Crippen LogP contribution in [0.4, 0.5) is 0 Å². The third kappa shape index (κ3) is 26.2. The van der Waals surface area contributed by atoms with E-state index in [0.29, 0.717) is 131 Å². The van der Waals surface area contributed by atoms with E-state index >= 15 is 0 Å². The summed E-state index contributed by atoms with van der Waals surface area (Å²) >= 11 is 16.3. The van der Waals surface area contributed by atoms with Crippen LogP contribution in [0.15, 0.2) is 0 Å². The molecule has 4 N–H and O–H groups in total. The molecular weight excluding hydrogens is 1640 g/mol. The number of rotatable bonds is 32. The first-order chi connectivity index (χ1) is 44.8. The van der Waals surface area contributed by atoms with Crippen molar-refractivity contribution >= 4 is 170 Å². The third-order valence-electron chi connectivity index (χ3n) is 16.5. The second-order valence-corrected chi connectivity index (χ2v) is 81.5. The van der Waals surface area contributed by atoms with E-state index in [-0.39, 0.29) is 138 Å². The van der Waals surface area contributed by atoms with Crippen LogP contribution in [-0.4, -0.2) is 175 Å². The summed E-state index contributed by atoms with van der Waals surface area (Å²) in [6.07, 6.45) is 9.50. The molecule has 9 rings (SSSR count). The van der Waals surface area contributed by atoms with Gasteiger partial charge in [-0.2, -0.15) is 0 Å². The first kappa shape index (κ1) is 98.5. The quantitative estimate of drug-likeness (QED) is 0.0703. The Hall–Kier alpha value is 6.30. The molecule has 0 amide bonds. The third-order valence-corrected chi connectivity index (χ3v) is 86.0. The molecule has 560 valence electrons. The molecule has 0 spiro atoms. The average Bonchev–Trinajstić information content (AvgIpc) is 1.48. The Kier molecular flexibility index (Phi) is 42.8. The summed E-state index contributed by atoms with van der Waals surface area (Å²) in [6, 6.07) is 4.47. The molecule has 0 saturated carbocycles. The number of halogens is 3. The zero-order valence-corrected chi connectivity index (χ0v) is 86.8. The molecule has 9 aliphatic heterocycles. The van der Waals surface area contributed by atoms with Gasteiger partial charge in [0.2, 0.25) is 17.6 Å². The molecule has 0 aromatic heterocycles. The van der Waals surface area contributed by atoms with E-state index < -0.39 is 137 Å². The summed E-state index contributed by atoms with van der Waals surface area (Å²) in [4.78, 5) is 43.9. The predicted octanol–water partition coefficient (Wildman–Crippen LogP) is 1.08. The van der Waals surface area contributed by atoms with Crippen LogP contribution in [0.2, 0.25) is 96.7 Å². The van der Waals surface area contributed by atoms with E-state index in [2.05, 4.69) is 48.5 Å². The van der Waals surface area contributed by atoms with Gasteiger partial charge >= 0.3 is 200 Å². The van der Waals surface area contributed by atoms with Gasteiger partial charge in [0.1, 0.15) is 8.56 Å². The average molecular weight is 1760 g/mol. The van der Waals surface area contributed by atoms with E-state index in [1.807, 2.05) is 48.5 Å². The molecular formula is C50H118Cl3N2Na3O24Si16. The van der Waals surface area contributed by atoms with Gasteiger partial charge in [0.25, 0.3) is 0 Å². The predicted molar refractivity (Wildman–Crippen MR) is 391 cm³/mol. The van der Waals surface area contributed by atoms with Crippen LogP contribution < -0.4 is 115 Å². The molecule has 48 heteroatoms. The van der Waals surface area contributed by atoms with E-state index in [4.69, 9.17) is 132 Å². The van der Waals surface area contributed by atoms with Gasteiger partial charge in [-0.05, 0) is 55.4 Å². The SMILES string of the molecule is CCC[Si]1([O-])CO[Si]2(CCC)O[Si]([O-])(CCC)O[Si]3(CCC)CO[Si]([O-])(CCC)O[Si](CCC)(O1)O[Si](CCC)(O3)O2.CCC[Si]12CO[Si]3(CCC)O[Si]4(CCC)O[Si]5(CCC)CO[Si](CCC)(O[Si](CCC)(O1)O4)O[Si](CCN)(O2)O[Si](CCC)(O5)O3.NCC[Si](Cl)(Cl)Cl.[Na+].[Na+].[Na+]. The zero-order chi connectivity index (χ0) is 70.3. The largest absolute Gasteiger partial charge is 1.00 e. The van der Waals surface area contributed by atoms with Crippen molar-refractivity contribution in [2.24, 2.45) is 11.5 Å². The van der Waals surface area contributed by atoms with Crippen LogP contribution in [0.3, 0.4) is 0 Å². The van der Waals surface area contributed by atoms with Crippen LogP contribution in [0.1, 0.15) is 187 Å². The van der Waals surface area contributed by atoms with Crippen LogP contribution >= 0.6 is 33.2 Å². The molecule has 0 aromatic carbocycles. The minimum Gasteiger partial charge on any atom is -0.837 e. The summed E-state index contributed by atoms with van der Waals surface area (Å²) in [7, 11) is -56.7. The van der Waals surface area contributed by atoms with Gasteiger partial charge in [-0.1, -0.05) is 187 Å². The zero-order valence-electron chi connectivity index (χ0n) is 62.5. The van der Waals surface area contributed by atoms with Crippen molar-refractivity contribution in [1.29, 1.82) is 0 Å². The van der Waals surface area contributed by atoms with Gasteiger partial charge in [0.15, 0.2) is 0 Å². The summed E-state index contributed by atoms with van der Waals surface area (Å²) in [6.45, 7) is 29.3. The van der Waals surface area contributed by atoms with E-state index in [1.165, 1.54) is 0 Å². The number of hydrogen-bond acceptors (Lipinski definition) is 26. The molecule has 9 heterocycles. The van der Waals surface area contributed by atoms with Gasteiger partial charge in [-0.25, -0.2) is 0 Å². The van der Waals surface area contributed by atoms with Crippen molar-refractivity contribution in [1.82, 2.24) is 0 Å². The Morgan fingerprint density at radius 3 is 0.827 bits per heavy atom. The first-order valence-electron chi connectivity index (χ1n) is 35.9. The van der Waals surface area contributed by atoms with Gasteiger partial charge in [-0.15, -0.1) is 33.2 Å². The summed E-state index contributed by atoms with van der Waals surface area (Å²) in [5, 5.41) is 0. The Balaban J connectivity index is 0.000000453. The molecule has 98 heavy (non-hydrogen) atoms. The molecule has 0 aromatic rings. The Labute approximate surface area is 685 Å². The van der Waals surface area contributed by atoms with Crippen molar-refractivity contribution in [3.05, 3.63) is 0 Å². The van der Waals surface area contributed by atoms with Crippen LogP contribution in [0.25, 0.3) is 0 Å². The van der Waals surface area contributed by atoms with Crippen molar-refractivity contribution in [3.63, 3.8) is 0 Å². The maximum absolute atomic E-state index is 14.7. The van der Waals surface area contributed by atoms with Crippen LogP contribution in [0, 0.1) is 0 Å². The van der Waals surface area contributed by atoms with Gasteiger partial charge < -0.3 is 114 Å². The van der Waals surface area contributed by atoms with Gasteiger partial charge in [0.05, 0.1) is 18.7 Å². The van der Waals surface area contributed by atoms with Crippen molar-refractivity contribution in [3.8, 4) is 0 Å². The van der Waals surface area contributed by atoms with E-state index in [9.17, 15) is 14.4 Å². The Bertz CT molecular complexity index is 2140.